The Kier molecular flexibility index (Phi) is 4.11. The first-order valence-corrected chi connectivity index (χ1v) is 13.5. The molecule has 0 amide bonds. The van der Waals surface area contributed by atoms with Gasteiger partial charge in [-0.25, -0.2) is 0 Å². The first-order chi connectivity index (χ1) is 19.3. The van der Waals surface area contributed by atoms with Gasteiger partial charge in [-0.3, -0.25) is 0 Å². The van der Waals surface area contributed by atoms with Crippen molar-refractivity contribution in [3.63, 3.8) is 0 Å². The molecule has 9 rings (SSSR count). The van der Waals surface area contributed by atoms with Crippen LogP contribution < -0.4 is 0 Å². The maximum Gasteiger partial charge on any atom is 0.0541 e. The third kappa shape index (κ3) is 2.85. The van der Waals surface area contributed by atoms with E-state index in [-0.39, 0.29) is 0 Å². The molecule has 8 aromatic rings. The molecule has 39 heavy (non-hydrogen) atoms. The lowest BCUT2D eigenvalue weighted by Crippen LogP contribution is -1.95. The molecular formula is C38H23N. The van der Waals surface area contributed by atoms with Crippen LogP contribution in [0.5, 0.6) is 0 Å². The standard InChI is InChI=1S/C38H23N/c1-2-12-28-24(8-1)9-7-17-35(28)39-36-16-4-3-13-30(36)34-23-27(19-21-37(34)39)26-18-20-29-31-14-5-10-25-11-6-15-32(38(25)31)33(29)22-26/h1-23H. The van der Waals surface area contributed by atoms with Crippen molar-refractivity contribution in [2.75, 3.05) is 0 Å². The Morgan fingerprint density at radius 1 is 0.359 bits per heavy atom. The molecular weight excluding hydrogens is 470 g/mol. The highest BCUT2D eigenvalue weighted by molar-refractivity contribution is 6.16. The fourth-order valence-electron chi connectivity index (χ4n) is 6.79. The summed E-state index contributed by atoms with van der Waals surface area (Å²) in [5, 5.41) is 7.76. The molecule has 0 radical (unpaired) electrons. The minimum atomic E-state index is 1.22. The number of nitrogens with zero attached hydrogens (tertiary/aromatic N) is 1. The summed E-state index contributed by atoms with van der Waals surface area (Å²) in [4.78, 5) is 0. The van der Waals surface area contributed by atoms with Crippen LogP contribution in [0.3, 0.4) is 0 Å². The lowest BCUT2D eigenvalue weighted by molar-refractivity contribution is 1.20. The summed E-state index contributed by atoms with van der Waals surface area (Å²) in [6.07, 6.45) is 0. The van der Waals surface area contributed by atoms with Gasteiger partial charge in [-0.1, -0.05) is 109 Å². The van der Waals surface area contributed by atoms with Crippen LogP contribution in [0.15, 0.2) is 140 Å². The number of para-hydroxylation sites is 1. The SMILES string of the molecule is c1ccc2c(-n3c4ccccc4c4cc(-c5ccc6c(c5)-c5cccc7cccc-6c57)ccc43)cccc2c1. The summed E-state index contributed by atoms with van der Waals surface area (Å²) < 4.78 is 2.43. The molecule has 1 aliphatic carbocycles. The highest BCUT2D eigenvalue weighted by Crippen LogP contribution is 2.48. The Hall–Kier alpha value is -5.14. The smallest absolute Gasteiger partial charge is 0.0541 e. The lowest BCUT2D eigenvalue weighted by Gasteiger charge is -2.12. The first-order valence-electron chi connectivity index (χ1n) is 13.5. The molecule has 180 valence electrons. The van der Waals surface area contributed by atoms with Gasteiger partial charge in [0.1, 0.15) is 0 Å². The molecule has 0 bridgehead atoms. The van der Waals surface area contributed by atoms with Crippen molar-refractivity contribution in [3.05, 3.63) is 140 Å². The van der Waals surface area contributed by atoms with E-state index in [4.69, 9.17) is 0 Å². The van der Waals surface area contributed by atoms with Gasteiger partial charge in [0.05, 0.1) is 16.7 Å². The highest BCUT2D eigenvalue weighted by atomic mass is 15.0. The first kappa shape index (κ1) is 20.9. The summed E-state index contributed by atoms with van der Waals surface area (Å²) in [6, 6.07) is 51.3. The molecule has 0 saturated heterocycles. The zero-order valence-electron chi connectivity index (χ0n) is 21.2. The molecule has 0 aliphatic heterocycles. The van der Waals surface area contributed by atoms with E-state index in [2.05, 4.69) is 144 Å². The molecule has 0 fully saturated rings. The van der Waals surface area contributed by atoms with Crippen LogP contribution in [0.2, 0.25) is 0 Å². The number of rotatable bonds is 2. The number of aromatic nitrogens is 1. The van der Waals surface area contributed by atoms with Gasteiger partial charge >= 0.3 is 0 Å². The van der Waals surface area contributed by atoms with Gasteiger partial charge in [-0.2, -0.15) is 0 Å². The fraction of sp³-hybridized carbons (Fsp3) is 0. The van der Waals surface area contributed by atoms with Crippen LogP contribution >= 0.6 is 0 Å². The number of hydrogen-bond donors (Lipinski definition) is 0. The molecule has 1 heteroatoms. The normalized spacial score (nSPS) is 12.1. The second kappa shape index (κ2) is 7.69. The van der Waals surface area contributed by atoms with Crippen molar-refractivity contribution in [2.24, 2.45) is 0 Å². The van der Waals surface area contributed by atoms with E-state index in [0.29, 0.717) is 0 Å². The topological polar surface area (TPSA) is 4.93 Å². The molecule has 1 nitrogen and oxygen atoms in total. The minimum Gasteiger partial charge on any atom is -0.309 e. The van der Waals surface area contributed by atoms with Gasteiger partial charge in [0, 0.05) is 16.2 Å². The van der Waals surface area contributed by atoms with Gasteiger partial charge in [-0.15, -0.1) is 0 Å². The summed E-state index contributed by atoms with van der Waals surface area (Å²) >= 11 is 0. The fourth-order valence-corrected chi connectivity index (χ4v) is 6.79. The minimum absolute atomic E-state index is 1.22. The number of benzene rings is 7. The highest BCUT2D eigenvalue weighted by Gasteiger charge is 2.22. The predicted molar refractivity (Wildman–Crippen MR) is 166 cm³/mol. The second-order valence-corrected chi connectivity index (χ2v) is 10.6. The van der Waals surface area contributed by atoms with Crippen molar-refractivity contribution in [1.82, 2.24) is 4.57 Å². The van der Waals surface area contributed by atoms with Gasteiger partial charge in [0.15, 0.2) is 0 Å². The average Bonchev–Trinajstić information content (AvgIpc) is 3.50. The molecule has 1 heterocycles. The summed E-state index contributed by atoms with van der Waals surface area (Å²) in [5.74, 6) is 0. The predicted octanol–water partition coefficient (Wildman–Crippen LogP) is 10.4. The molecule has 0 saturated carbocycles. The zero-order chi connectivity index (χ0) is 25.5. The van der Waals surface area contributed by atoms with Crippen molar-refractivity contribution in [2.45, 2.75) is 0 Å². The van der Waals surface area contributed by atoms with Gasteiger partial charge in [0.25, 0.3) is 0 Å². The molecule has 1 aromatic heterocycles. The van der Waals surface area contributed by atoms with E-state index < -0.39 is 0 Å². The Labute approximate surface area is 226 Å². The maximum atomic E-state index is 2.43. The third-order valence-corrected chi connectivity index (χ3v) is 8.52. The number of hydrogen-bond acceptors (Lipinski definition) is 0. The molecule has 0 N–H and O–H groups in total. The van der Waals surface area contributed by atoms with E-state index in [1.54, 1.807) is 0 Å². The average molecular weight is 494 g/mol. The van der Waals surface area contributed by atoms with Crippen LogP contribution in [0.25, 0.3) is 82.4 Å². The molecule has 0 spiro atoms. The van der Waals surface area contributed by atoms with Crippen molar-refractivity contribution in [3.8, 4) is 39.1 Å². The Morgan fingerprint density at radius 2 is 1.00 bits per heavy atom. The zero-order valence-corrected chi connectivity index (χ0v) is 21.2. The monoisotopic (exact) mass is 493 g/mol. The molecule has 1 aliphatic rings. The third-order valence-electron chi connectivity index (χ3n) is 8.52. The van der Waals surface area contributed by atoms with E-state index in [9.17, 15) is 0 Å². The van der Waals surface area contributed by atoms with Crippen molar-refractivity contribution in [1.29, 1.82) is 0 Å². The van der Waals surface area contributed by atoms with E-state index in [1.807, 2.05) is 0 Å². The lowest BCUT2D eigenvalue weighted by atomic mass is 9.96. The largest absolute Gasteiger partial charge is 0.309 e. The van der Waals surface area contributed by atoms with Crippen LogP contribution in [-0.2, 0) is 0 Å². The van der Waals surface area contributed by atoms with E-state index in [1.165, 1.54) is 82.4 Å². The van der Waals surface area contributed by atoms with Crippen LogP contribution in [0.4, 0.5) is 0 Å². The van der Waals surface area contributed by atoms with Gasteiger partial charge < -0.3 is 4.57 Å². The molecule has 7 aromatic carbocycles. The molecule has 0 atom stereocenters. The van der Waals surface area contributed by atoms with Crippen LogP contribution in [-0.4, -0.2) is 4.57 Å². The van der Waals surface area contributed by atoms with Crippen LogP contribution in [0, 0.1) is 0 Å². The second-order valence-electron chi connectivity index (χ2n) is 10.6. The quantitative estimate of drug-likeness (QED) is 0.226. The van der Waals surface area contributed by atoms with E-state index in [0.717, 1.165) is 0 Å². The Morgan fingerprint density at radius 3 is 1.90 bits per heavy atom. The summed E-state index contributed by atoms with van der Waals surface area (Å²) in [5.41, 5.74) is 11.5. The van der Waals surface area contributed by atoms with Gasteiger partial charge in [-0.05, 0) is 79.9 Å². The maximum absolute atomic E-state index is 2.43. The van der Waals surface area contributed by atoms with E-state index >= 15 is 0 Å². The van der Waals surface area contributed by atoms with Crippen LogP contribution in [0.1, 0.15) is 0 Å². The Balaban J connectivity index is 1.27. The Bertz CT molecular complexity index is 2270. The van der Waals surface area contributed by atoms with Gasteiger partial charge in [0.2, 0.25) is 0 Å². The summed E-state index contributed by atoms with van der Waals surface area (Å²) in [6.45, 7) is 0. The molecule has 0 unspecified atom stereocenters. The number of fused-ring (bicyclic) bond motifs is 7. The van der Waals surface area contributed by atoms with Crippen molar-refractivity contribution >= 4 is 43.4 Å². The summed E-state index contributed by atoms with van der Waals surface area (Å²) in [7, 11) is 0. The van der Waals surface area contributed by atoms with Crippen molar-refractivity contribution < 1.29 is 0 Å².